The maximum atomic E-state index is 4.44. The van der Waals surface area contributed by atoms with Gasteiger partial charge in [0, 0.05) is 42.5 Å². The molecule has 0 spiro atoms. The normalized spacial score (nSPS) is 19.9. The Labute approximate surface area is 106 Å². The van der Waals surface area contributed by atoms with E-state index in [0.717, 1.165) is 24.7 Å². The average molecular weight is 243 g/mol. The number of rotatable bonds is 2. The summed E-state index contributed by atoms with van der Waals surface area (Å²) < 4.78 is 2.20. The molecule has 0 atom stereocenters. The SMILES string of the molecule is CC(C)N1Cc2cnc3nnc(C4CC4)n3c2C1. The highest BCUT2D eigenvalue weighted by Crippen LogP contribution is 2.40. The van der Waals surface area contributed by atoms with E-state index >= 15 is 0 Å². The Morgan fingerprint density at radius 2 is 2.06 bits per heavy atom. The highest BCUT2D eigenvalue weighted by atomic mass is 15.3. The second-order valence-electron chi connectivity index (χ2n) is 5.70. The Balaban J connectivity index is 1.88. The van der Waals surface area contributed by atoms with Gasteiger partial charge in [-0.05, 0) is 26.7 Å². The smallest absolute Gasteiger partial charge is 0.255 e. The third kappa shape index (κ3) is 1.40. The van der Waals surface area contributed by atoms with E-state index in [4.69, 9.17) is 0 Å². The first kappa shape index (κ1) is 10.4. The standard InChI is InChI=1S/C13H17N5/c1-8(2)17-6-10-5-14-13-16-15-12(9-3-4-9)18(13)11(10)7-17/h5,8-9H,3-4,6-7H2,1-2H3. The van der Waals surface area contributed by atoms with Gasteiger partial charge in [-0.2, -0.15) is 0 Å². The summed E-state index contributed by atoms with van der Waals surface area (Å²) in [7, 11) is 0. The predicted octanol–water partition coefficient (Wildman–Crippen LogP) is 1.73. The lowest BCUT2D eigenvalue weighted by Gasteiger charge is -2.18. The van der Waals surface area contributed by atoms with Crippen molar-refractivity contribution in [1.82, 2.24) is 24.5 Å². The molecule has 5 nitrogen and oxygen atoms in total. The molecule has 2 aromatic heterocycles. The maximum absolute atomic E-state index is 4.44. The van der Waals surface area contributed by atoms with Gasteiger partial charge >= 0.3 is 0 Å². The minimum atomic E-state index is 0.563. The van der Waals surface area contributed by atoms with Crippen LogP contribution in [0.4, 0.5) is 0 Å². The summed E-state index contributed by atoms with van der Waals surface area (Å²) in [5.41, 5.74) is 2.68. The molecular weight excluding hydrogens is 226 g/mol. The third-order valence-electron chi connectivity index (χ3n) is 4.05. The first-order chi connectivity index (χ1) is 8.74. The number of aromatic nitrogens is 4. The molecule has 1 aliphatic heterocycles. The van der Waals surface area contributed by atoms with Crippen molar-refractivity contribution in [2.24, 2.45) is 0 Å². The van der Waals surface area contributed by atoms with Gasteiger partial charge in [0.05, 0.1) is 0 Å². The Bertz CT molecular complexity index is 611. The fourth-order valence-corrected chi connectivity index (χ4v) is 2.73. The fraction of sp³-hybridized carbons (Fsp3) is 0.615. The van der Waals surface area contributed by atoms with Crippen molar-refractivity contribution in [3.05, 3.63) is 23.3 Å². The minimum absolute atomic E-state index is 0.563. The summed E-state index contributed by atoms with van der Waals surface area (Å²) in [4.78, 5) is 6.90. The second kappa shape index (κ2) is 3.51. The van der Waals surface area contributed by atoms with Gasteiger partial charge in [-0.3, -0.25) is 9.30 Å². The highest BCUT2D eigenvalue weighted by Gasteiger charge is 2.32. The van der Waals surface area contributed by atoms with Crippen LogP contribution in [0.3, 0.4) is 0 Å². The largest absolute Gasteiger partial charge is 0.291 e. The molecule has 0 radical (unpaired) electrons. The fourth-order valence-electron chi connectivity index (χ4n) is 2.73. The van der Waals surface area contributed by atoms with Gasteiger partial charge < -0.3 is 0 Å². The molecule has 4 rings (SSSR count). The lowest BCUT2D eigenvalue weighted by atomic mass is 10.2. The Hall–Kier alpha value is -1.49. The zero-order valence-electron chi connectivity index (χ0n) is 10.8. The van der Waals surface area contributed by atoms with Gasteiger partial charge in [0.15, 0.2) is 0 Å². The quantitative estimate of drug-likeness (QED) is 0.806. The molecule has 1 fully saturated rings. The maximum Gasteiger partial charge on any atom is 0.255 e. The van der Waals surface area contributed by atoms with Gasteiger partial charge in [-0.15, -0.1) is 10.2 Å². The van der Waals surface area contributed by atoms with Crippen LogP contribution in [-0.4, -0.2) is 30.5 Å². The van der Waals surface area contributed by atoms with Gasteiger partial charge in [0.25, 0.3) is 5.78 Å². The van der Waals surface area contributed by atoms with Crippen molar-refractivity contribution in [2.75, 3.05) is 0 Å². The zero-order valence-corrected chi connectivity index (χ0v) is 10.8. The lowest BCUT2D eigenvalue weighted by molar-refractivity contribution is 0.225. The molecule has 2 aromatic rings. The summed E-state index contributed by atoms with van der Waals surface area (Å²) in [6.45, 7) is 6.47. The Kier molecular flexibility index (Phi) is 2.03. The molecule has 0 saturated heterocycles. The molecule has 3 heterocycles. The van der Waals surface area contributed by atoms with E-state index < -0.39 is 0 Å². The van der Waals surface area contributed by atoms with Crippen LogP contribution in [0, 0.1) is 0 Å². The second-order valence-corrected chi connectivity index (χ2v) is 5.70. The van der Waals surface area contributed by atoms with Crippen molar-refractivity contribution in [1.29, 1.82) is 0 Å². The molecule has 1 saturated carbocycles. The number of hydrogen-bond donors (Lipinski definition) is 0. The van der Waals surface area contributed by atoms with Crippen molar-refractivity contribution in [3.8, 4) is 0 Å². The van der Waals surface area contributed by atoms with Gasteiger partial charge in [-0.25, -0.2) is 4.98 Å². The molecule has 0 amide bonds. The number of nitrogens with zero attached hydrogens (tertiary/aromatic N) is 5. The van der Waals surface area contributed by atoms with Crippen LogP contribution >= 0.6 is 0 Å². The van der Waals surface area contributed by atoms with E-state index in [1.165, 1.54) is 24.1 Å². The Morgan fingerprint density at radius 3 is 2.78 bits per heavy atom. The van der Waals surface area contributed by atoms with E-state index in [2.05, 4.69) is 38.3 Å². The molecule has 0 aromatic carbocycles. The molecule has 0 unspecified atom stereocenters. The van der Waals surface area contributed by atoms with Gasteiger partial charge in [0.1, 0.15) is 5.82 Å². The molecule has 94 valence electrons. The van der Waals surface area contributed by atoms with Gasteiger partial charge in [-0.1, -0.05) is 0 Å². The van der Waals surface area contributed by atoms with E-state index in [1.807, 2.05) is 6.20 Å². The van der Waals surface area contributed by atoms with Crippen LogP contribution in [0.5, 0.6) is 0 Å². The zero-order chi connectivity index (χ0) is 12.3. The van der Waals surface area contributed by atoms with Crippen molar-refractivity contribution < 1.29 is 0 Å². The first-order valence-corrected chi connectivity index (χ1v) is 6.70. The van der Waals surface area contributed by atoms with Gasteiger partial charge in [0.2, 0.25) is 0 Å². The topological polar surface area (TPSA) is 46.3 Å². The number of hydrogen-bond acceptors (Lipinski definition) is 4. The molecule has 18 heavy (non-hydrogen) atoms. The summed E-state index contributed by atoms with van der Waals surface area (Å²) in [6, 6.07) is 0.563. The van der Waals surface area contributed by atoms with Crippen LogP contribution < -0.4 is 0 Å². The third-order valence-corrected chi connectivity index (χ3v) is 4.05. The summed E-state index contributed by atoms with van der Waals surface area (Å²) in [5, 5.41) is 8.55. The van der Waals surface area contributed by atoms with Crippen molar-refractivity contribution >= 4 is 5.78 Å². The van der Waals surface area contributed by atoms with E-state index in [0.29, 0.717) is 12.0 Å². The summed E-state index contributed by atoms with van der Waals surface area (Å²) in [5.74, 6) is 2.50. The molecule has 0 bridgehead atoms. The highest BCUT2D eigenvalue weighted by molar-refractivity contribution is 5.37. The van der Waals surface area contributed by atoms with Crippen LogP contribution in [0.1, 0.15) is 49.7 Å². The first-order valence-electron chi connectivity index (χ1n) is 6.70. The molecule has 1 aliphatic carbocycles. The van der Waals surface area contributed by atoms with E-state index in [1.54, 1.807) is 0 Å². The predicted molar refractivity (Wildman–Crippen MR) is 67.1 cm³/mol. The van der Waals surface area contributed by atoms with E-state index in [9.17, 15) is 0 Å². The van der Waals surface area contributed by atoms with Crippen LogP contribution in [0.2, 0.25) is 0 Å². The molecular formula is C13H17N5. The van der Waals surface area contributed by atoms with Crippen LogP contribution in [0.15, 0.2) is 6.20 Å². The number of fused-ring (bicyclic) bond motifs is 3. The molecule has 0 N–H and O–H groups in total. The molecule has 2 aliphatic rings. The van der Waals surface area contributed by atoms with Crippen molar-refractivity contribution in [3.63, 3.8) is 0 Å². The minimum Gasteiger partial charge on any atom is -0.291 e. The van der Waals surface area contributed by atoms with E-state index in [-0.39, 0.29) is 0 Å². The monoisotopic (exact) mass is 243 g/mol. The summed E-state index contributed by atoms with van der Waals surface area (Å²) >= 11 is 0. The molecule has 5 heteroatoms. The average Bonchev–Trinajstić information content (AvgIpc) is 2.95. The lowest BCUT2D eigenvalue weighted by Crippen LogP contribution is -2.24. The van der Waals surface area contributed by atoms with Crippen molar-refractivity contribution in [2.45, 2.75) is 51.7 Å². The van der Waals surface area contributed by atoms with Crippen LogP contribution in [-0.2, 0) is 13.1 Å². The van der Waals surface area contributed by atoms with Crippen LogP contribution in [0.25, 0.3) is 5.78 Å². The summed E-state index contributed by atoms with van der Waals surface area (Å²) in [6.07, 6.45) is 4.47. The Morgan fingerprint density at radius 1 is 1.22 bits per heavy atom.